The number of likely N-dealkylation sites (tertiary alicyclic amines) is 1. The molecule has 1 aliphatic rings. The summed E-state index contributed by atoms with van der Waals surface area (Å²) in [7, 11) is 0. The smallest absolute Gasteiger partial charge is 0.270 e. The molecule has 1 aromatic carbocycles. The minimum absolute atomic E-state index is 0.111. The third kappa shape index (κ3) is 2.84. The van der Waals surface area contributed by atoms with E-state index in [0.29, 0.717) is 6.54 Å². The Morgan fingerprint density at radius 2 is 1.83 bits per heavy atom. The first-order chi connectivity index (χ1) is 11.7. The Hall–Kier alpha value is -2.14. The van der Waals surface area contributed by atoms with Gasteiger partial charge in [0.2, 0.25) is 0 Å². The first kappa shape index (κ1) is 15.4. The summed E-state index contributed by atoms with van der Waals surface area (Å²) in [5.41, 5.74) is 1.73. The van der Waals surface area contributed by atoms with Gasteiger partial charge >= 0.3 is 0 Å². The molecule has 0 N–H and O–H groups in total. The third-order valence-corrected chi connectivity index (χ3v) is 5.57. The molecule has 1 fully saturated rings. The zero-order valence-electron chi connectivity index (χ0n) is 13.4. The summed E-state index contributed by atoms with van der Waals surface area (Å²) in [6.07, 6.45) is 3.37. The number of hydrogen-bond acceptors (Lipinski definition) is 2. The Bertz CT molecular complexity index is 859. The maximum Gasteiger partial charge on any atom is 0.270 e. The molecular formula is C19H19FN2OS. The Morgan fingerprint density at radius 3 is 2.58 bits per heavy atom. The summed E-state index contributed by atoms with van der Waals surface area (Å²) in [4.78, 5) is 16.0. The molecule has 0 unspecified atom stereocenters. The van der Waals surface area contributed by atoms with E-state index in [1.54, 1.807) is 23.5 Å². The highest BCUT2D eigenvalue weighted by Gasteiger charge is 2.23. The van der Waals surface area contributed by atoms with Crippen LogP contribution in [-0.2, 0) is 6.54 Å². The largest absolute Gasteiger partial charge is 0.337 e. The van der Waals surface area contributed by atoms with E-state index in [0.717, 1.165) is 47.4 Å². The molecule has 1 amide bonds. The van der Waals surface area contributed by atoms with Crippen molar-refractivity contribution in [1.82, 2.24) is 9.47 Å². The lowest BCUT2D eigenvalue weighted by Gasteiger charge is -2.27. The Labute approximate surface area is 144 Å². The summed E-state index contributed by atoms with van der Waals surface area (Å²) >= 11 is 1.64. The fraction of sp³-hybridized carbons (Fsp3) is 0.316. The highest BCUT2D eigenvalue weighted by molar-refractivity contribution is 7.16. The van der Waals surface area contributed by atoms with E-state index in [-0.39, 0.29) is 11.7 Å². The number of amides is 1. The molecule has 3 nitrogen and oxygen atoms in total. The molecule has 0 atom stereocenters. The van der Waals surface area contributed by atoms with E-state index in [1.165, 1.54) is 18.6 Å². The van der Waals surface area contributed by atoms with Crippen LogP contribution in [-0.4, -0.2) is 28.5 Å². The number of benzene rings is 1. The van der Waals surface area contributed by atoms with Gasteiger partial charge in [0, 0.05) is 25.0 Å². The van der Waals surface area contributed by atoms with Crippen molar-refractivity contribution in [2.75, 3.05) is 13.1 Å². The predicted molar refractivity (Wildman–Crippen MR) is 95.1 cm³/mol. The first-order valence-electron chi connectivity index (χ1n) is 8.33. The van der Waals surface area contributed by atoms with Crippen molar-refractivity contribution in [1.29, 1.82) is 0 Å². The van der Waals surface area contributed by atoms with Crippen LogP contribution in [0.5, 0.6) is 0 Å². The molecule has 4 rings (SSSR count). The maximum atomic E-state index is 13.2. The van der Waals surface area contributed by atoms with Crippen molar-refractivity contribution in [3.8, 4) is 0 Å². The van der Waals surface area contributed by atoms with Gasteiger partial charge in [-0.25, -0.2) is 4.39 Å². The molecule has 3 heterocycles. The van der Waals surface area contributed by atoms with E-state index >= 15 is 0 Å². The van der Waals surface area contributed by atoms with Crippen molar-refractivity contribution >= 4 is 27.5 Å². The second-order valence-corrected chi connectivity index (χ2v) is 7.17. The first-order valence-corrected chi connectivity index (χ1v) is 9.21. The van der Waals surface area contributed by atoms with Crippen molar-refractivity contribution in [2.45, 2.75) is 25.8 Å². The van der Waals surface area contributed by atoms with Gasteiger partial charge in [0.05, 0.1) is 0 Å². The number of hydrogen-bond donors (Lipinski definition) is 0. The van der Waals surface area contributed by atoms with E-state index in [4.69, 9.17) is 0 Å². The van der Waals surface area contributed by atoms with Gasteiger partial charge in [0.25, 0.3) is 5.91 Å². The standard InChI is InChI=1S/C19H19FN2OS/c20-16-6-4-14(5-7-16)13-22-17(12-15-8-11-24-19(15)22)18(23)21-9-2-1-3-10-21/h4-8,11-12H,1-3,9-10,13H2. The number of fused-ring (bicyclic) bond motifs is 1. The molecule has 5 heteroatoms. The molecule has 1 saturated heterocycles. The van der Waals surface area contributed by atoms with Crippen LogP contribution < -0.4 is 0 Å². The second kappa shape index (κ2) is 6.40. The molecule has 124 valence electrons. The molecule has 0 aliphatic carbocycles. The number of carbonyl (C=O) groups excluding carboxylic acids is 1. The second-order valence-electron chi connectivity index (χ2n) is 6.28. The van der Waals surface area contributed by atoms with Gasteiger partial charge in [-0.3, -0.25) is 4.79 Å². The SMILES string of the molecule is O=C(c1cc2ccsc2n1Cc1ccc(F)cc1)N1CCCCC1. The lowest BCUT2D eigenvalue weighted by molar-refractivity contribution is 0.0714. The van der Waals surface area contributed by atoms with E-state index in [1.807, 2.05) is 22.4 Å². The zero-order chi connectivity index (χ0) is 16.5. The minimum atomic E-state index is -0.239. The maximum absolute atomic E-state index is 13.2. The molecule has 24 heavy (non-hydrogen) atoms. The van der Waals surface area contributed by atoms with Gasteiger partial charge in [-0.2, -0.15) is 0 Å². The molecule has 0 radical (unpaired) electrons. The quantitative estimate of drug-likeness (QED) is 0.687. The summed E-state index contributed by atoms with van der Waals surface area (Å²) in [6.45, 7) is 2.27. The Morgan fingerprint density at radius 1 is 1.08 bits per heavy atom. The van der Waals surface area contributed by atoms with Gasteiger partial charge < -0.3 is 9.47 Å². The van der Waals surface area contributed by atoms with E-state index in [2.05, 4.69) is 4.57 Å². The van der Waals surface area contributed by atoms with E-state index in [9.17, 15) is 9.18 Å². The third-order valence-electron chi connectivity index (χ3n) is 4.62. The highest BCUT2D eigenvalue weighted by Crippen LogP contribution is 2.28. The highest BCUT2D eigenvalue weighted by atomic mass is 32.1. The lowest BCUT2D eigenvalue weighted by atomic mass is 10.1. The van der Waals surface area contributed by atoms with Gasteiger partial charge in [0.15, 0.2) is 0 Å². The van der Waals surface area contributed by atoms with Crippen LogP contribution in [0, 0.1) is 5.82 Å². The molecule has 0 bridgehead atoms. The zero-order valence-corrected chi connectivity index (χ0v) is 14.2. The number of rotatable bonds is 3. The van der Waals surface area contributed by atoms with E-state index < -0.39 is 0 Å². The summed E-state index contributed by atoms with van der Waals surface area (Å²) in [5.74, 6) is -0.127. The number of carbonyl (C=O) groups is 1. The van der Waals surface area contributed by atoms with Crippen LogP contribution in [0.1, 0.15) is 35.3 Å². The molecule has 0 saturated carbocycles. The average molecular weight is 342 g/mol. The van der Waals surface area contributed by atoms with Crippen LogP contribution in [0.4, 0.5) is 4.39 Å². The number of thiophene rings is 1. The Balaban J connectivity index is 1.71. The number of nitrogens with zero attached hydrogens (tertiary/aromatic N) is 2. The molecule has 1 aliphatic heterocycles. The fourth-order valence-corrected chi connectivity index (χ4v) is 4.24. The van der Waals surface area contributed by atoms with Crippen LogP contribution in [0.25, 0.3) is 10.2 Å². The van der Waals surface area contributed by atoms with Crippen LogP contribution in [0.15, 0.2) is 41.8 Å². The van der Waals surface area contributed by atoms with Gasteiger partial charge in [-0.05, 0) is 54.5 Å². The normalized spacial score (nSPS) is 15.1. The van der Waals surface area contributed by atoms with Crippen molar-refractivity contribution in [2.24, 2.45) is 0 Å². The van der Waals surface area contributed by atoms with Crippen molar-refractivity contribution in [3.63, 3.8) is 0 Å². The summed E-state index contributed by atoms with van der Waals surface area (Å²) < 4.78 is 15.2. The van der Waals surface area contributed by atoms with Crippen LogP contribution in [0.2, 0.25) is 0 Å². The average Bonchev–Trinajstić information content (AvgIpc) is 3.19. The molecular weight excluding hydrogens is 323 g/mol. The minimum Gasteiger partial charge on any atom is -0.337 e. The van der Waals surface area contributed by atoms with Gasteiger partial charge in [-0.15, -0.1) is 11.3 Å². The summed E-state index contributed by atoms with van der Waals surface area (Å²) in [5, 5.41) is 3.14. The molecule has 0 spiro atoms. The molecule has 2 aromatic heterocycles. The summed E-state index contributed by atoms with van der Waals surface area (Å²) in [6, 6.07) is 10.5. The van der Waals surface area contributed by atoms with Crippen molar-refractivity contribution < 1.29 is 9.18 Å². The lowest BCUT2D eigenvalue weighted by Crippen LogP contribution is -2.36. The number of aromatic nitrogens is 1. The van der Waals surface area contributed by atoms with Crippen LogP contribution in [0.3, 0.4) is 0 Å². The topological polar surface area (TPSA) is 25.2 Å². The number of piperidine rings is 1. The number of halogens is 1. The Kier molecular flexibility index (Phi) is 4.10. The van der Waals surface area contributed by atoms with Crippen LogP contribution >= 0.6 is 11.3 Å². The monoisotopic (exact) mass is 342 g/mol. The van der Waals surface area contributed by atoms with Gasteiger partial charge in [-0.1, -0.05) is 12.1 Å². The molecule has 3 aromatic rings. The fourth-order valence-electron chi connectivity index (χ4n) is 3.34. The van der Waals surface area contributed by atoms with Gasteiger partial charge in [0.1, 0.15) is 16.3 Å². The van der Waals surface area contributed by atoms with Crippen molar-refractivity contribution in [3.05, 3.63) is 58.9 Å². The predicted octanol–water partition coefficient (Wildman–Crippen LogP) is 4.52.